The quantitative estimate of drug-likeness (QED) is 0.848. The molecule has 0 bridgehead atoms. The normalized spacial score (nSPS) is 21.9. The van der Waals surface area contributed by atoms with E-state index in [9.17, 15) is 0 Å². The van der Waals surface area contributed by atoms with Crippen LogP contribution in [0.5, 0.6) is 0 Å². The van der Waals surface area contributed by atoms with Gasteiger partial charge in [0.05, 0.1) is 6.54 Å². The topological polar surface area (TPSA) is 42.7 Å². The summed E-state index contributed by atoms with van der Waals surface area (Å²) in [7, 11) is 0. The van der Waals surface area contributed by atoms with Crippen LogP contribution in [0.25, 0.3) is 0 Å². The van der Waals surface area contributed by atoms with E-state index < -0.39 is 0 Å². The highest BCUT2D eigenvalue weighted by Crippen LogP contribution is 2.24. The maximum absolute atomic E-state index is 4.55. The first kappa shape index (κ1) is 11.2. The average Bonchev–Trinajstić information content (AvgIpc) is 3.09. The number of rotatable bonds is 5. The molecule has 0 aromatic carbocycles. The summed E-state index contributed by atoms with van der Waals surface area (Å²) in [5.74, 6) is 1.78. The molecule has 1 aromatic heterocycles. The van der Waals surface area contributed by atoms with Gasteiger partial charge in [-0.15, -0.1) is 0 Å². The third kappa shape index (κ3) is 3.28. The van der Waals surface area contributed by atoms with Gasteiger partial charge in [0, 0.05) is 12.6 Å². The molecule has 0 aliphatic heterocycles. The average molecular weight is 234 g/mol. The van der Waals surface area contributed by atoms with Crippen LogP contribution >= 0.6 is 0 Å². The molecule has 4 heteroatoms. The van der Waals surface area contributed by atoms with E-state index in [1.54, 1.807) is 0 Å². The van der Waals surface area contributed by atoms with E-state index in [-0.39, 0.29) is 0 Å². The van der Waals surface area contributed by atoms with Crippen molar-refractivity contribution in [1.29, 1.82) is 0 Å². The molecule has 2 saturated carbocycles. The Morgan fingerprint density at radius 1 is 1.18 bits per heavy atom. The smallest absolute Gasteiger partial charge is 0.164 e. The molecule has 0 saturated heterocycles. The molecule has 0 amide bonds. The Morgan fingerprint density at radius 3 is 2.76 bits per heavy atom. The highest BCUT2D eigenvalue weighted by Gasteiger charge is 2.20. The fourth-order valence-corrected chi connectivity index (χ4v) is 2.66. The lowest BCUT2D eigenvalue weighted by atomic mass is 9.89. The maximum atomic E-state index is 4.55. The first-order valence-electron chi connectivity index (χ1n) is 7.02. The second-order valence-electron chi connectivity index (χ2n) is 5.54. The van der Waals surface area contributed by atoms with Gasteiger partial charge in [-0.2, -0.15) is 5.10 Å². The summed E-state index contributed by atoms with van der Waals surface area (Å²) in [4.78, 5) is 4.37. The van der Waals surface area contributed by atoms with Gasteiger partial charge in [-0.1, -0.05) is 19.3 Å². The Balaban J connectivity index is 1.48. The molecule has 1 N–H and O–H groups in total. The van der Waals surface area contributed by atoms with E-state index in [0.717, 1.165) is 30.9 Å². The minimum Gasteiger partial charge on any atom is -0.307 e. The molecule has 94 valence electrons. The molecule has 0 radical (unpaired) electrons. The van der Waals surface area contributed by atoms with E-state index in [1.807, 2.05) is 11.0 Å². The van der Waals surface area contributed by atoms with E-state index >= 15 is 0 Å². The number of hydrogen-bond acceptors (Lipinski definition) is 3. The SMILES string of the molecule is c1nc(CNC2CC2)nn1CC1CCCCC1. The lowest BCUT2D eigenvalue weighted by Gasteiger charge is -2.20. The van der Waals surface area contributed by atoms with E-state index in [1.165, 1.54) is 44.9 Å². The lowest BCUT2D eigenvalue weighted by molar-refractivity contribution is 0.307. The van der Waals surface area contributed by atoms with Crippen molar-refractivity contribution in [3.63, 3.8) is 0 Å². The highest BCUT2D eigenvalue weighted by atomic mass is 15.3. The zero-order valence-electron chi connectivity index (χ0n) is 10.4. The monoisotopic (exact) mass is 234 g/mol. The molecule has 1 heterocycles. The highest BCUT2D eigenvalue weighted by molar-refractivity contribution is 4.87. The van der Waals surface area contributed by atoms with Crippen LogP contribution in [0.1, 0.15) is 50.8 Å². The first-order chi connectivity index (χ1) is 8.40. The second kappa shape index (κ2) is 5.17. The fourth-order valence-electron chi connectivity index (χ4n) is 2.66. The van der Waals surface area contributed by atoms with Gasteiger partial charge in [0.15, 0.2) is 5.82 Å². The zero-order valence-corrected chi connectivity index (χ0v) is 10.4. The van der Waals surface area contributed by atoms with E-state index in [2.05, 4.69) is 15.4 Å². The second-order valence-corrected chi connectivity index (χ2v) is 5.54. The molecule has 3 rings (SSSR count). The van der Waals surface area contributed by atoms with Crippen LogP contribution in [-0.4, -0.2) is 20.8 Å². The molecular formula is C13H22N4. The maximum Gasteiger partial charge on any atom is 0.164 e. The van der Waals surface area contributed by atoms with Gasteiger partial charge < -0.3 is 5.32 Å². The van der Waals surface area contributed by atoms with Crippen LogP contribution in [0.3, 0.4) is 0 Å². The number of nitrogens with one attached hydrogen (secondary N) is 1. The number of nitrogens with zero attached hydrogens (tertiary/aromatic N) is 3. The predicted molar refractivity (Wildman–Crippen MR) is 66.5 cm³/mol. The predicted octanol–water partition coefficient (Wildman–Crippen LogP) is 2.11. The van der Waals surface area contributed by atoms with Gasteiger partial charge in [-0.25, -0.2) is 4.98 Å². The van der Waals surface area contributed by atoms with Crippen LogP contribution in [0.4, 0.5) is 0 Å². The van der Waals surface area contributed by atoms with Crippen molar-refractivity contribution in [1.82, 2.24) is 20.1 Å². The summed E-state index contributed by atoms with van der Waals surface area (Å²) in [6, 6.07) is 0.736. The van der Waals surface area contributed by atoms with Crippen LogP contribution in [0.15, 0.2) is 6.33 Å². The van der Waals surface area contributed by atoms with Crippen molar-refractivity contribution >= 4 is 0 Å². The Hall–Kier alpha value is -0.900. The summed E-state index contributed by atoms with van der Waals surface area (Å²) in [6.07, 6.45) is 11.5. The summed E-state index contributed by atoms with van der Waals surface area (Å²) < 4.78 is 2.04. The third-order valence-electron chi connectivity index (χ3n) is 3.88. The van der Waals surface area contributed by atoms with Crippen molar-refractivity contribution in [3.8, 4) is 0 Å². The molecule has 17 heavy (non-hydrogen) atoms. The van der Waals surface area contributed by atoms with Crippen molar-refractivity contribution in [2.24, 2.45) is 5.92 Å². The van der Waals surface area contributed by atoms with E-state index in [4.69, 9.17) is 0 Å². The fraction of sp³-hybridized carbons (Fsp3) is 0.846. The van der Waals surface area contributed by atoms with Crippen LogP contribution in [0.2, 0.25) is 0 Å². The summed E-state index contributed by atoms with van der Waals surface area (Å²) in [5.41, 5.74) is 0. The van der Waals surface area contributed by atoms with Gasteiger partial charge in [0.2, 0.25) is 0 Å². The summed E-state index contributed by atoms with van der Waals surface area (Å²) in [6.45, 7) is 1.90. The third-order valence-corrected chi connectivity index (χ3v) is 3.88. The summed E-state index contributed by atoms with van der Waals surface area (Å²) >= 11 is 0. The van der Waals surface area contributed by atoms with Gasteiger partial charge in [-0.05, 0) is 31.6 Å². The van der Waals surface area contributed by atoms with Gasteiger partial charge in [0.25, 0.3) is 0 Å². The van der Waals surface area contributed by atoms with Crippen LogP contribution in [0, 0.1) is 5.92 Å². The Bertz CT molecular complexity index is 350. The number of hydrogen-bond donors (Lipinski definition) is 1. The number of aromatic nitrogens is 3. The molecule has 4 nitrogen and oxygen atoms in total. The standard InChI is InChI=1S/C13H22N4/c1-2-4-11(5-3-1)9-17-10-15-13(16-17)8-14-12-6-7-12/h10-12,14H,1-9H2. The Labute approximate surface area is 103 Å². The van der Waals surface area contributed by atoms with Crippen LogP contribution in [-0.2, 0) is 13.1 Å². The van der Waals surface area contributed by atoms with Crippen molar-refractivity contribution < 1.29 is 0 Å². The molecule has 0 atom stereocenters. The molecule has 2 fully saturated rings. The molecule has 1 aromatic rings. The molecule has 2 aliphatic carbocycles. The minimum absolute atomic E-state index is 0.736. The zero-order chi connectivity index (χ0) is 11.5. The molecule has 0 spiro atoms. The van der Waals surface area contributed by atoms with Crippen molar-refractivity contribution in [2.45, 2.75) is 64.1 Å². The molecular weight excluding hydrogens is 212 g/mol. The van der Waals surface area contributed by atoms with Crippen LogP contribution < -0.4 is 5.32 Å². The summed E-state index contributed by atoms with van der Waals surface area (Å²) in [5, 5.41) is 8.00. The first-order valence-corrected chi connectivity index (χ1v) is 7.02. The lowest BCUT2D eigenvalue weighted by Crippen LogP contribution is -2.17. The molecule has 0 unspecified atom stereocenters. The van der Waals surface area contributed by atoms with Gasteiger partial charge >= 0.3 is 0 Å². The Morgan fingerprint density at radius 2 is 2.00 bits per heavy atom. The van der Waals surface area contributed by atoms with Crippen molar-refractivity contribution in [2.75, 3.05) is 0 Å². The Kier molecular flexibility index (Phi) is 3.41. The van der Waals surface area contributed by atoms with Gasteiger partial charge in [0.1, 0.15) is 6.33 Å². The van der Waals surface area contributed by atoms with E-state index in [0.29, 0.717) is 0 Å². The van der Waals surface area contributed by atoms with Crippen molar-refractivity contribution in [3.05, 3.63) is 12.2 Å². The largest absolute Gasteiger partial charge is 0.307 e. The minimum atomic E-state index is 0.736. The van der Waals surface area contributed by atoms with Gasteiger partial charge in [-0.3, -0.25) is 4.68 Å². The molecule has 2 aliphatic rings.